The SMILES string of the molecule is CC(CN1CCCC1)NS(=O)(=O)c1ccc(CCN)s1. The van der Waals surface area contributed by atoms with E-state index in [4.69, 9.17) is 5.73 Å². The second kappa shape index (κ2) is 7.00. The Kier molecular flexibility index (Phi) is 5.57. The van der Waals surface area contributed by atoms with Crippen LogP contribution in [0.1, 0.15) is 24.6 Å². The molecule has 2 heterocycles. The molecule has 1 aromatic heterocycles. The molecule has 1 unspecified atom stereocenters. The number of nitrogens with two attached hydrogens (primary N) is 1. The van der Waals surface area contributed by atoms with Crippen molar-refractivity contribution in [3.8, 4) is 0 Å². The lowest BCUT2D eigenvalue weighted by molar-refractivity contribution is 0.313. The Labute approximate surface area is 125 Å². The number of nitrogens with one attached hydrogen (secondary N) is 1. The number of thiophene rings is 1. The Balaban J connectivity index is 1.94. The van der Waals surface area contributed by atoms with Crippen molar-refractivity contribution in [2.45, 2.75) is 36.4 Å². The molecule has 0 saturated carbocycles. The van der Waals surface area contributed by atoms with E-state index in [9.17, 15) is 8.42 Å². The first kappa shape index (κ1) is 15.9. The van der Waals surface area contributed by atoms with E-state index >= 15 is 0 Å². The van der Waals surface area contributed by atoms with Gasteiger partial charge in [0.25, 0.3) is 0 Å². The summed E-state index contributed by atoms with van der Waals surface area (Å²) in [6, 6.07) is 3.44. The van der Waals surface area contributed by atoms with Crippen LogP contribution in [0.4, 0.5) is 0 Å². The van der Waals surface area contributed by atoms with Crippen molar-refractivity contribution in [2.75, 3.05) is 26.2 Å². The molecule has 1 aliphatic heterocycles. The molecule has 7 heteroatoms. The molecule has 2 rings (SSSR count). The Morgan fingerprint density at radius 1 is 1.40 bits per heavy atom. The van der Waals surface area contributed by atoms with E-state index < -0.39 is 10.0 Å². The minimum Gasteiger partial charge on any atom is -0.330 e. The maximum Gasteiger partial charge on any atom is 0.250 e. The number of rotatable bonds is 7. The molecule has 1 aliphatic rings. The molecule has 3 N–H and O–H groups in total. The molecule has 0 spiro atoms. The van der Waals surface area contributed by atoms with Crippen molar-refractivity contribution >= 4 is 21.4 Å². The van der Waals surface area contributed by atoms with Crippen LogP contribution in [0.3, 0.4) is 0 Å². The van der Waals surface area contributed by atoms with E-state index in [1.807, 2.05) is 13.0 Å². The lowest BCUT2D eigenvalue weighted by Gasteiger charge is -2.20. The molecule has 1 saturated heterocycles. The lowest BCUT2D eigenvalue weighted by atomic mass is 10.3. The van der Waals surface area contributed by atoms with Gasteiger partial charge < -0.3 is 10.6 Å². The second-order valence-corrected chi connectivity index (χ2v) is 8.40. The Hall–Kier alpha value is -0.470. The van der Waals surface area contributed by atoms with Crippen molar-refractivity contribution in [2.24, 2.45) is 5.73 Å². The van der Waals surface area contributed by atoms with Gasteiger partial charge in [-0.1, -0.05) is 0 Å². The van der Waals surface area contributed by atoms with Crippen molar-refractivity contribution in [1.82, 2.24) is 9.62 Å². The Bertz CT molecular complexity index is 521. The van der Waals surface area contributed by atoms with Crippen LogP contribution < -0.4 is 10.5 Å². The van der Waals surface area contributed by atoms with Gasteiger partial charge in [-0.05, 0) is 58.0 Å². The van der Waals surface area contributed by atoms with Crippen LogP contribution in [0.15, 0.2) is 16.3 Å². The predicted octanol–water partition coefficient (Wildman–Crippen LogP) is 1.01. The van der Waals surface area contributed by atoms with Gasteiger partial charge in [0.2, 0.25) is 10.0 Å². The maximum atomic E-state index is 12.3. The lowest BCUT2D eigenvalue weighted by Crippen LogP contribution is -2.40. The Morgan fingerprint density at radius 3 is 2.75 bits per heavy atom. The quantitative estimate of drug-likeness (QED) is 0.787. The highest BCUT2D eigenvalue weighted by Gasteiger charge is 2.22. The zero-order valence-corrected chi connectivity index (χ0v) is 13.5. The molecular formula is C13H23N3O2S2. The number of nitrogens with zero attached hydrogens (tertiary/aromatic N) is 1. The monoisotopic (exact) mass is 317 g/mol. The smallest absolute Gasteiger partial charge is 0.250 e. The average Bonchev–Trinajstić information content (AvgIpc) is 3.00. The van der Waals surface area contributed by atoms with Crippen LogP contribution in [0.25, 0.3) is 0 Å². The Morgan fingerprint density at radius 2 is 2.10 bits per heavy atom. The third kappa shape index (κ3) is 4.26. The van der Waals surface area contributed by atoms with Gasteiger partial charge in [0, 0.05) is 17.5 Å². The van der Waals surface area contributed by atoms with Crippen molar-refractivity contribution < 1.29 is 8.42 Å². The van der Waals surface area contributed by atoms with Crippen molar-refractivity contribution in [3.63, 3.8) is 0 Å². The summed E-state index contributed by atoms with van der Waals surface area (Å²) in [6.45, 7) is 5.39. The van der Waals surface area contributed by atoms with E-state index in [0.29, 0.717) is 10.8 Å². The first-order valence-corrected chi connectivity index (χ1v) is 9.34. The van der Waals surface area contributed by atoms with Crippen LogP contribution in [-0.4, -0.2) is 45.5 Å². The van der Waals surface area contributed by atoms with Gasteiger partial charge in [-0.2, -0.15) is 0 Å². The number of likely N-dealkylation sites (tertiary alicyclic amines) is 1. The summed E-state index contributed by atoms with van der Waals surface area (Å²) < 4.78 is 27.7. The zero-order chi connectivity index (χ0) is 14.6. The van der Waals surface area contributed by atoms with Gasteiger partial charge in [-0.3, -0.25) is 0 Å². The molecule has 5 nitrogen and oxygen atoms in total. The highest BCUT2D eigenvalue weighted by atomic mass is 32.2. The van der Waals surface area contributed by atoms with Crippen molar-refractivity contribution in [1.29, 1.82) is 0 Å². The fourth-order valence-corrected chi connectivity index (χ4v) is 5.11. The predicted molar refractivity (Wildman–Crippen MR) is 82.5 cm³/mol. The molecule has 1 atom stereocenters. The normalized spacial score (nSPS) is 18.5. The third-order valence-corrected chi connectivity index (χ3v) is 6.61. The fourth-order valence-electron chi connectivity index (χ4n) is 2.49. The van der Waals surface area contributed by atoms with Gasteiger partial charge in [0.15, 0.2) is 0 Å². The van der Waals surface area contributed by atoms with Crippen LogP contribution in [0.5, 0.6) is 0 Å². The fraction of sp³-hybridized carbons (Fsp3) is 0.692. The summed E-state index contributed by atoms with van der Waals surface area (Å²) >= 11 is 1.31. The van der Waals surface area contributed by atoms with Gasteiger partial charge in [0.1, 0.15) is 4.21 Å². The van der Waals surface area contributed by atoms with Crippen molar-refractivity contribution in [3.05, 3.63) is 17.0 Å². The van der Waals surface area contributed by atoms with E-state index in [1.54, 1.807) is 6.07 Å². The molecule has 114 valence electrons. The molecule has 20 heavy (non-hydrogen) atoms. The van der Waals surface area contributed by atoms with Crippen LogP contribution in [-0.2, 0) is 16.4 Å². The molecule has 0 bridgehead atoms. The summed E-state index contributed by atoms with van der Waals surface area (Å²) in [7, 11) is -3.40. The summed E-state index contributed by atoms with van der Waals surface area (Å²) in [5, 5.41) is 0. The first-order chi connectivity index (χ1) is 9.51. The topological polar surface area (TPSA) is 75.4 Å². The van der Waals surface area contributed by atoms with Gasteiger partial charge in [-0.15, -0.1) is 11.3 Å². The molecule has 1 fully saturated rings. The second-order valence-electron chi connectivity index (χ2n) is 5.29. The molecule has 1 aromatic rings. The molecular weight excluding hydrogens is 294 g/mol. The van der Waals surface area contributed by atoms with Crippen LogP contribution >= 0.6 is 11.3 Å². The highest BCUT2D eigenvalue weighted by Crippen LogP contribution is 2.22. The zero-order valence-electron chi connectivity index (χ0n) is 11.8. The van der Waals surface area contributed by atoms with Crippen LogP contribution in [0.2, 0.25) is 0 Å². The van der Waals surface area contributed by atoms with Crippen LogP contribution in [0, 0.1) is 0 Å². The number of sulfonamides is 1. The van der Waals surface area contributed by atoms with Gasteiger partial charge in [-0.25, -0.2) is 13.1 Å². The summed E-state index contributed by atoms with van der Waals surface area (Å²) in [5.41, 5.74) is 5.49. The van der Waals surface area contributed by atoms with E-state index in [1.165, 1.54) is 24.2 Å². The minimum absolute atomic E-state index is 0.0711. The van der Waals surface area contributed by atoms with E-state index in [0.717, 1.165) is 30.9 Å². The molecule has 0 radical (unpaired) electrons. The number of hydrogen-bond donors (Lipinski definition) is 2. The minimum atomic E-state index is -3.40. The molecule has 0 amide bonds. The summed E-state index contributed by atoms with van der Waals surface area (Å²) in [5.74, 6) is 0. The van der Waals surface area contributed by atoms with Gasteiger partial charge >= 0.3 is 0 Å². The average molecular weight is 317 g/mol. The maximum absolute atomic E-state index is 12.3. The largest absolute Gasteiger partial charge is 0.330 e. The standard InChI is InChI=1S/C13H23N3O2S2/c1-11(10-16-8-2-3-9-16)15-20(17,18)13-5-4-12(19-13)6-7-14/h4-5,11,15H,2-3,6-10,14H2,1H3. The summed E-state index contributed by atoms with van der Waals surface area (Å²) in [4.78, 5) is 3.32. The molecule has 0 aromatic carbocycles. The third-order valence-electron chi connectivity index (χ3n) is 3.38. The van der Waals surface area contributed by atoms with Gasteiger partial charge in [0.05, 0.1) is 0 Å². The number of hydrogen-bond acceptors (Lipinski definition) is 5. The van der Waals surface area contributed by atoms with E-state index in [-0.39, 0.29) is 6.04 Å². The first-order valence-electron chi connectivity index (χ1n) is 7.05. The van der Waals surface area contributed by atoms with E-state index in [2.05, 4.69) is 9.62 Å². The highest BCUT2D eigenvalue weighted by molar-refractivity contribution is 7.91. The molecule has 0 aliphatic carbocycles. The summed E-state index contributed by atoms with van der Waals surface area (Å²) in [6.07, 6.45) is 3.16.